The second-order valence-electron chi connectivity index (χ2n) is 6.83. The molecule has 5 rings (SSSR count). The first-order valence-corrected chi connectivity index (χ1v) is 10.8. The van der Waals surface area contributed by atoms with Crippen LogP contribution in [0, 0.1) is 5.92 Å². The predicted molar refractivity (Wildman–Crippen MR) is 112 cm³/mol. The smallest absolute Gasteiger partial charge is 0.305 e. The summed E-state index contributed by atoms with van der Waals surface area (Å²) in [5.41, 5.74) is 1.24. The van der Waals surface area contributed by atoms with Crippen molar-refractivity contribution in [1.29, 1.82) is 0 Å². The molecule has 0 bridgehead atoms. The van der Waals surface area contributed by atoms with Crippen LogP contribution < -0.4 is 9.77 Å². The van der Waals surface area contributed by atoms with E-state index in [-0.39, 0.29) is 22.4 Å². The molecule has 2 amide bonds. The molecule has 0 radical (unpaired) electrons. The molecule has 3 unspecified atom stereocenters. The van der Waals surface area contributed by atoms with E-state index < -0.39 is 17.1 Å². The van der Waals surface area contributed by atoms with Gasteiger partial charge in [0, 0.05) is 15.8 Å². The maximum Gasteiger partial charge on any atom is 0.305 e. The first-order valence-electron chi connectivity index (χ1n) is 8.76. The largest absolute Gasteiger partial charge is 0.508 e. The number of benzene rings is 2. The van der Waals surface area contributed by atoms with Crippen LogP contribution in [-0.2, 0) is 9.59 Å². The number of imide groups is 1. The number of thioether (sulfide) groups is 1. The lowest BCUT2D eigenvalue weighted by molar-refractivity contribution is -0.122. The highest BCUT2D eigenvalue weighted by Gasteiger charge is 2.56. The summed E-state index contributed by atoms with van der Waals surface area (Å²) < 4.78 is 0. The van der Waals surface area contributed by atoms with Gasteiger partial charge in [0.1, 0.15) is 11.0 Å². The third-order valence-corrected chi connectivity index (χ3v) is 7.81. The molecule has 2 aliphatic rings. The standard InChI is InChI=1S/C20H13ClN2O4S2/c21-10-3-5-11(6-4-10)23-18(25)14-13(9-1-7-12(24)8-2-9)15-17(22-20(27)29-15)28-16(14)19(23)26/h1-8,13-14,16,24H,(H,22,27). The maximum absolute atomic E-state index is 13.4. The molecule has 0 aliphatic carbocycles. The third kappa shape index (κ3) is 2.90. The monoisotopic (exact) mass is 444 g/mol. The fourth-order valence-electron chi connectivity index (χ4n) is 3.90. The Morgan fingerprint density at radius 1 is 0.966 bits per heavy atom. The number of anilines is 1. The zero-order valence-electron chi connectivity index (χ0n) is 14.7. The average Bonchev–Trinajstić information content (AvgIpc) is 3.19. The second kappa shape index (κ2) is 6.76. The van der Waals surface area contributed by atoms with Gasteiger partial charge in [0.05, 0.1) is 16.6 Å². The van der Waals surface area contributed by atoms with Crippen LogP contribution in [-0.4, -0.2) is 27.2 Å². The van der Waals surface area contributed by atoms with Gasteiger partial charge in [0.15, 0.2) is 0 Å². The van der Waals surface area contributed by atoms with E-state index in [1.165, 1.54) is 16.7 Å². The highest BCUT2D eigenvalue weighted by Crippen LogP contribution is 2.53. The van der Waals surface area contributed by atoms with Gasteiger partial charge in [-0.15, -0.1) is 0 Å². The summed E-state index contributed by atoms with van der Waals surface area (Å²) in [6.07, 6.45) is 0. The van der Waals surface area contributed by atoms with E-state index in [4.69, 9.17) is 11.6 Å². The molecule has 2 N–H and O–H groups in total. The zero-order valence-corrected chi connectivity index (χ0v) is 17.1. The highest BCUT2D eigenvalue weighted by atomic mass is 35.5. The molecular weight excluding hydrogens is 432 g/mol. The molecule has 3 atom stereocenters. The van der Waals surface area contributed by atoms with Gasteiger partial charge < -0.3 is 10.1 Å². The number of phenols is 1. The van der Waals surface area contributed by atoms with Crippen molar-refractivity contribution in [2.45, 2.75) is 16.2 Å². The van der Waals surface area contributed by atoms with Crippen LogP contribution in [0.5, 0.6) is 5.75 Å². The molecule has 3 heterocycles. The molecule has 2 aromatic carbocycles. The molecule has 1 saturated heterocycles. The van der Waals surface area contributed by atoms with E-state index in [9.17, 15) is 19.5 Å². The number of amides is 2. The second-order valence-corrected chi connectivity index (χ2v) is 9.43. The number of nitrogens with zero attached hydrogens (tertiary/aromatic N) is 1. The molecule has 2 aliphatic heterocycles. The van der Waals surface area contributed by atoms with Gasteiger partial charge >= 0.3 is 4.87 Å². The molecule has 146 valence electrons. The number of hydrogen-bond donors (Lipinski definition) is 2. The number of carbonyl (C=O) groups excluding carboxylic acids is 2. The molecular formula is C20H13ClN2O4S2. The number of fused-ring (bicyclic) bond motifs is 2. The van der Waals surface area contributed by atoms with Gasteiger partial charge in [0.2, 0.25) is 11.8 Å². The van der Waals surface area contributed by atoms with Gasteiger partial charge in [-0.25, -0.2) is 4.90 Å². The quantitative estimate of drug-likeness (QED) is 0.589. The van der Waals surface area contributed by atoms with Crippen molar-refractivity contribution in [2.75, 3.05) is 4.90 Å². The van der Waals surface area contributed by atoms with E-state index >= 15 is 0 Å². The van der Waals surface area contributed by atoms with Crippen LogP contribution in [0.15, 0.2) is 58.4 Å². The minimum Gasteiger partial charge on any atom is -0.508 e. The Balaban J connectivity index is 1.64. The van der Waals surface area contributed by atoms with Crippen molar-refractivity contribution in [3.63, 3.8) is 0 Å². The fourth-order valence-corrected chi connectivity index (χ4v) is 6.54. The predicted octanol–water partition coefficient (Wildman–Crippen LogP) is 3.59. The molecule has 0 saturated carbocycles. The van der Waals surface area contributed by atoms with Crippen molar-refractivity contribution in [3.8, 4) is 5.75 Å². The lowest BCUT2D eigenvalue weighted by Gasteiger charge is -2.29. The summed E-state index contributed by atoms with van der Waals surface area (Å²) in [4.78, 5) is 43.2. The Bertz CT molecular complexity index is 1190. The van der Waals surface area contributed by atoms with Crippen LogP contribution in [0.4, 0.5) is 5.69 Å². The van der Waals surface area contributed by atoms with E-state index in [0.717, 1.165) is 21.8 Å². The van der Waals surface area contributed by atoms with Crippen molar-refractivity contribution in [1.82, 2.24) is 4.98 Å². The van der Waals surface area contributed by atoms with Crippen molar-refractivity contribution in [2.24, 2.45) is 5.92 Å². The van der Waals surface area contributed by atoms with Gasteiger partial charge in [-0.2, -0.15) is 0 Å². The maximum atomic E-state index is 13.4. The van der Waals surface area contributed by atoms with Crippen molar-refractivity contribution >= 4 is 52.2 Å². The van der Waals surface area contributed by atoms with E-state index in [2.05, 4.69) is 4.98 Å². The van der Waals surface area contributed by atoms with Gasteiger partial charge in [-0.05, 0) is 42.0 Å². The summed E-state index contributed by atoms with van der Waals surface area (Å²) in [6, 6.07) is 13.1. The Morgan fingerprint density at radius 3 is 2.34 bits per heavy atom. The number of aromatic amines is 1. The summed E-state index contributed by atoms with van der Waals surface area (Å²) in [5, 5.41) is 10.1. The first kappa shape index (κ1) is 18.5. The summed E-state index contributed by atoms with van der Waals surface area (Å²) in [5.74, 6) is -1.61. The molecule has 3 aromatic rings. The molecule has 1 aromatic heterocycles. The average molecular weight is 445 g/mol. The number of phenolic OH excluding ortho intramolecular Hbond substituents is 1. The zero-order chi connectivity index (χ0) is 20.3. The van der Waals surface area contributed by atoms with Crippen LogP contribution >= 0.6 is 34.7 Å². The Morgan fingerprint density at radius 2 is 1.66 bits per heavy atom. The number of thiazole rings is 1. The number of aromatic hydroxyl groups is 1. The number of halogens is 1. The molecule has 0 spiro atoms. The Labute approximate surface area is 178 Å². The normalized spacial score (nSPS) is 23.2. The van der Waals surface area contributed by atoms with Crippen molar-refractivity contribution < 1.29 is 14.7 Å². The Hall–Kier alpha value is -2.55. The number of aromatic nitrogens is 1. The first-order chi connectivity index (χ1) is 13.9. The summed E-state index contributed by atoms with van der Waals surface area (Å²) >= 11 is 8.23. The fraction of sp³-hybridized carbons (Fsp3) is 0.150. The molecule has 6 nitrogen and oxygen atoms in total. The summed E-state index contributed by atoms with van der Waals surface area (Å²) in [6.45, 7) is 0. The number of H-pyrrole nitrogens is 1. The molecule has 9 heteroatoms. The van der Waals surface area contributed by atoms with Crippen LogP contribution in [0.25, 0.3) is 0 Å². The lowest BCUT2D eigenvalue weighted by atomic mass is 9.83. The SMILES string of the molecule is O=C1C2Sc3[nH]c(=O)sc3C(c3ccc(O)cc3)C2C(=O)N1c1ccc(Cl)cc1. The van der Waals surface area contributed by atoms with Crippen LogP contribution in [0.3, 0.4) is 0 Å². The summed E-state index contributed by atoms with van der Waals surface area (Å²) in [7, 11) is 0. The minimum atomic E-state index is -0.647. The number of nitrogens with one attached hydrogen (secondary N) is 1. The van der Waals surface area contributed by atoms with Crippen LogP contribution in [0.1, 0.15) is 16.4 Å². The number of carbonyl (C=O) groups is 2. The van der Waals surface area contributed by atoms with Crippen LogP contribution in [0.2, 0.25) is 5.02 Å². The van der Waals surface area contributed by atoms with E-state index in [1.807, 2.05) is 0 Å². The highest BCUT2D eigenvalue weighted by molar-refractivity contribution is 8.00. The van der Waals surface area contributed by atoms with Gasteiger partial charge in [-0.1, -0.05) is 46.8 Å². The van der Waals surface area contributed by atoms with Crippen molar-refractivity contribution in [3.05, 3.63) is 73.7 Å². The minimum absolute atomic E-state index is 0.106. The van der Waals surface area contributed by atoms with Gasteiger partial charge in [0.25, 0.3) is 0 Å². The number of hydrogen-bond acceptors (Lipinski definition) is 6. The van der Waals surface area contributed by atoms with E-state index in [1.54, 1.807) is 48.5 Å². The molecule has 29 heavy (non-hydrogen) atoms. The Kier molecular flexibility index (Phi) is 4.31. The molecule has 1 fully saturated rings. The van der Waals surface area contributed by atoms with E-state index in [0.29, 0.717) is 15.7 Å². The lowest BCUT2D eigenvalue weighted by Crippen LogP contribution is -2.32. The van der Waals surface area contributed by atoms with Gasteiger partial charge in [-0.3, -0.25) is 14.4 Å². The topological polar surface area (TPSA) is 90.5 Å². The third-order valence-electron chi connectivity index (χ3n) is 5.16. The number of rotatable bonds is 2.